The van der Waals surface area contributed by atoms with E-state index in [0.717, 1.165) is 27.9 Å². The number of anilines is 1. The molecule has 2 rings (SSSR count). The minimum absolute atomic E-state index is 0.698. The van der Waals surface area contributed by atoms with Crippen molar-refractivity contribution in [3.05, 3.63) is 34.9 Å². The van der Waals surface area contributed by atoms with Crippen LogP contribution in [0.3, 0.4) is 0 Å². The van der Waals surface area contributed by atoms with E-state index in [1.807, 2.05) is 24.3 Å². The Bertz CT molecular complexity index is 483. The zero-order valence-corrected chi connectivity index (χ0v) is 11.7. The Labute approximate surface area is 116 Å². The van der Waals surface area contributed by atoms with Gasteiger partial charge in [-0.25, -0.2) is 5.10 Å². The number of hydrogen-bond acceptors (Lipinski definition) is 4. The molecule has 0 spiro atoms. The van der Waals surface area contributed by atoms with E-state index < -0.39 is 0 Å². The number of thioether (sulfide) groups is 1. The lowest BCUT2D eigenvalue weighted by atomic mass is 10.2. The zero-order valence-electron chi connectivity index (χ0n) is 10.1. The van der Waals surface area contributed by atoms with E-state index in [2.05, 4.69) is 27.4 Å². The van der Waals surface area contributed by atoms with Crippen molar-refractivity contribution in [1.82, 2.24) is 15.2 Å². The lowest BCUT2D eigenvalue weighted by molar-refractivity contribution is 0.967. The molecule has 4 nitrogen and oxygen atoms in total. The molecule has 96 valence electrons. The van der Waals surface area contributed by atoms with Crippen molar-refractivity contribution >= 4 is 29.3 Å². The summed E-state index contributed by atoms with van der Waals surface area (Å²) >= 11 is 7.48. The maximum absolute atomic E-state index is 5.83. The summed E-state index contributed by atoms with van der Waals surface area (Å²) in [5.41, 5.74) is 1.15. The van der Waals surface area contributed by atoms with Crippen molar-refractivity contribution in [3.63, 3.8) is 0 Å². The van der Waals surface area contributed by atoms with Gasteiger partial charge in [-0.05, 0) is 24.1 Å². The molecule has 0 saturated heterocycles. The molecule has 0 aliphatic carbocycles. The first-order chi connectivity index (χ1) is 8.78. The van der Waals surface area contributed by atoms with E-state index >= 15 is 0 Å². The van der Waals surface area contributed by atoms with Crippen LogP contribution in [0.1, 0.15) is 18.9 Å². The van der Waals surface area contributed by atoms with Gasteiger partial charge >= 0.3 is 0 Å². The number of hydrogen-bond donors (Lipinski definition) is 2. The fraction of sp³-hybridized carbons (Fsp3) is 0.333. The minimum atomic E-state index is 0.698. The first-order valence-electron chi connectivity index (χ1n) is 5.81. The lowest BCUT2D eigenvalue weighted by Crippen LogP contribution is -2.00. The Balaban J connectivity index is 1.86. The molecule has 0 aliphatic heterocycles. The van der Waals surface area contributed by atoms with Crippen LogP contribution in [-0.4, -0.2) is 20.9 Å². The molecule has 6 heteroatoms. The molecule has 18 heavy (non-hydrogen) atoms. The Morgan fingerprint density at radius 1 is 1.33 bits per heavy atom. The number of nitrogens with one attached hydrogen (secondary N) is 2. The molecule has 2 aromatic rings. The summed E-state index contributed by atoms with van der Waals surface area (Å²) in [6, 6.07) is 7.72. The number of halogens is 1. The van der Waals surface area contributed by atoms with Crippen molar-refractivity contribution in [2.75, 3.05) is 11.1 Å². The van der Waals surface area contributed by atoms with E-state index in [1.165, 1.54) is 0 Å². The molecule has 0 saturated carbocycles. The van der Waals surface area contributed by atoms with Crippen LogP contribution in [0.2, 0.25) is 5.02 Å². The second-order valence-corrected chi connectivity index (χ2v) is 5.29. The highest BCUT2D eigenvalue weighted by atomic mass is 35.5. The summed E-state index contributed by atoms with van der Waals surface area (Å²) in [5, 5.41) is 11.7. The summed E-state index contributed by atoms with van der Waals surface area (Å²) in [6.45, 7) is 2.84. The number of H-pyrrole nitrogens is 1. The van der Waals surface area contributed by atoms with E-state index in [0.29, 0.717) is 12.5 Å². The quantitative estimate of drug-likeness (QED) is 0.795. The second-order valence-electron chi connectivity index (χ2n) is 3.80. The predicted octanol–water partition coefficient (Wildman–Crippen LogP) is 3.57. The van der Waals surface area contributed by atoms with Crippen molar-refractivity contribution in [2.24, 2.45) is 0 Å². The van der Waals surface area contributed by atoms with Gasteiger partial charge in [0.1, 0.15) is 0 Å². The normalized spacial score (nSPS) is 10.6. The minimum Gasteiger partial charge on any atom is -0.350 e. The van der Waals surface area contributed by atoms with Crippen LogP contribution < -0.4 is 5.32 Å². The van der Waals surface area contributed by atoms with Crippen LogP contribution in [0.15, 0.2) is 29.4 Å². The lowest BCUT2D eigenvalue weighted by Gasteiger charge is -2.02. The van der Waals surface area contributed by atoms with Crippen molar-refractivity contribution in [2.45, 2.75) is 25.0 Å². The third-order valence-electron chi connectivity index (χ3n) is 2.27. The third kappa shape index (κ3) is 3.92. The maximum Gasteiger partial charge on any atom is 0.219 e. The largest absolute Gasteiger partial charge is 0.350 e. The second kappa shape index (κ2) is 6.66. The molecule has 1 aromatic carbocycles. The SMILES string of the molecule is CCCSc1n[nH]c(NCc2ccc(Cl)cc2)n1. The Kier molecular flexibility index (Phi) is 4.90. The van der Waals surface area contributed by atoms with Crippen LogP contribution in [0.5, 0.6) is 0 Å². The Morgan fingerprint density at radius 2 is 2.11 bits per heavy atom. The fourth-order valence-electron chi connectivity index (χ4n) is 1.37. The number of aromatic amines is 1. The van der Waals surface area contributed by atoms with Gasteiger partial charge in [-0.15, -0.1) is 5.10 Å². The van der Waals surface area contributed by atoms with Crippen LogP contribution in [0.25, 0.3) is 0 Å². The maximum atomic E-state index is 5.83. The molecule has 0 atom stereocenters. The first-order valence-corrected chi connectivity index (χ1v) is 7.18. The molecule has 0 aliphatic rings. The highest BCUT2D eigenvalue weighted by Gasteiger charge is 2.02. The van der Waals surface area contributed by atoms with Crippen molar-refractivity contribution < 1.29 is 0 Å². The molecular weight excluding hydrogens is 268 g/mol. The number of benzene rings is 1. The topological polar surface area (TPSA) is 53.6 Å². The summed E-state index contributed by atoms with van der Waals surface area (Å²) in [5.74, 6) is 1.73. The van der Waals surface area contributed by atoms with E-state index in [4.69, 9.17) is 11.6 Å². The van der Waals surface area contributed by atoms with Gasteiger partial charge in [-0.2, -0.15) is 4.98 Å². The van der Waals surface area contributed by atoms with E-state index in [9.17, 15) is 0 Å². The van der Waals surface area contributed by atoms with Crippen molar-refractivity contribution in [3.8, 4) is 0 Å². The molecule has 0 unspecified atom stereocenters. The standard InChI is InChI=1S/C12H15ClN4S/c1-2-7-18-12-15-11(16-17-12)14-8-9-3-5-10(13)6-4-9/h3-6H,2,7-8H2,1H3,(H2,14,15,16,17). The van der Waals surface area contributed by atoms with E-state index in [-0.39, 0.29) is 0 Å². The number of nitrogens with zero attached hydrogens (tertiary/aromatic N) is 2. The van der Waals surface area contributed by atoms with Crippen LogP contribution >= 0.6 is 23.4 Å². The number of aromatic nitrogens is 3. The molecule has 1 heterocycles. The molecule has 0 radical (unpaired) electrons. The van der Waals surface area contributed by atoms with Gasteiger partial charge in [0.15, 0.2) is 0 Å². The van der Waals surface area contributed by atoms with Crippen molar-refractivity contribution in [1.29, 1.82) is 0 Å². The average Bonchev–Trinajstić information content (AvgIpc) is 2.84. The van der Waals surface area contributed by atoms with Gasteiger partial charge in [-0.1, -0.05) is 42.4 Å². The highest BCUT2D eigenvalue weighted by Crippen LogP contribution is 2.15. The zero-order chi connectivity index (χ0) is 12.8. The average molecular weight is 283 g/mol. The summed E-state index contributed by atoms with van der Waals surface area (Å²) < 4.78 is 0. The molecule has 0 fully saturated rings. The monoisotopic (exact) mass is 282 g/mol. The Hall–Kier alpha value is -1.20. The van der Waals surface area contributed by atoms with Gasteiger partial charge in [-0.3, -0.25) is 0 Å². The van der Waals surface area contributed by atoms with Crippen LogP contribution in [0.4, 0.5) is 5.95 Å². The summed E-state index contributed by atoms with van der Waals surface area (Å²) in [7, 11) is 0. The first kappa shape index (κ1) is 13.2. The molecule has 2 N–H and O–H groups in total. The van der Waals surface area contributed by atoms with Gasteiger partial charge in [0, 0.05) is 17.3 Å². The molecule has 0 amide bonds. The Morgan fingerprint density at radius 3 is 2.83 bits per heavy atom. The highest BCUT2D eigenvalue weighted by molar-refractivity contribution is 7.99. The molecule has 1 aromatic heterocycles. The van der Waals surface area contributed by atoms with E-state index in [1.54, 1.807) is 11.8 Å². The van der Waals surface area contributed by atoms with Gasteiger partial charge in [0.05, 0.1) is 0 Å². The van der Waals surface area contributed by atoms with Gasteiger partial charge < -0.3 is 5.32 Å². The van der Waals surface area contributed by atoms with Gasteiger partial charge in [0.2, 0.25) is 11.1 Å². The number of rotatable bonds is 6. The van der Waals surface area contributed by atoms with Crippen LogP contribution in [-0.2, 0) is 6.54 Å². The predicted molar refractivity (Wildman–Crippen MR) is 76.2 cm³/mol. The summed E-state index contributed by atoms with van der Waals surface area (Å²) in [6.07, 6.45) is 1.12. The smallest absolute Gasteiger partial charge is 0.219 e. The fourth-order valence-corrected chi connectivity index (χ4v) is 2.15. The molecule has 0 bridgehead atoms. The third-order valence-corrected chi connectivity index (χ3v) is 3.58. The molecular formula is C12H15ClN4S. The summed E-state index contributed by atoms with van der Waals surface area (Å²) in [4.78, 5) is 4.34. The van der Waals surface area contributed by atoms with Crippen LogP contribution in [0, 0.1) is 0 Å². The van der Waals surface area contributed by atoms with Gasteiger partial charge in [0.25, 0.3) is 0 Å².